The van der Waals surface area contributed by atoms with Gasteiger partial charge < -0.3 is 15.2 Å². The van der Waals surface area contributed by atoms with E-state index in [9.17, 15) is 9.59 Å². The summed E-state index contributed by atoms with van der Waals surface area (Å²) in [6, 6.07) is 0.228. The van der Waals surface area contributed by atoms with Gasteiger partial charge in [0, 0.05) is 25.3 Å². The van der Waals surface area contributed by atoms with Gasteiger partial charge in [-0.2, -0.15) is 0 Å². The smallest absolute Gasteiger partial charge is 0.274 e. The van der Waals surface area contributed by atoms with E-state index >= 15 is 0 Å². The molecule has 0 aliphatic carbocycles. The molecule has 1 aliphatic heterocycles. The van der Waals surface area contributed by atoms with Crippen LogP contribution >= 0.6 is 0 Å². The van der Waals surface area contributed by atoms with Gasteiger partial charge >= 0.3 is 0 Å². The maximum Gasteiger partial charge on any atom is 0.274 e. The van der Waals surface area contributed by atoms with Crippen molar-refractivity contribution in [1.82, 2.24) is 20.2 Å². The molecule has 0 bridgehead atoms. The first-order chi connectivity index (χ1) is 8.72. The van der Waals surface area contributed by atoms with Crippen LogP contribution in [0.2, 0.25) is 0 Å². The molecule has 1 amide bonds. The molecule has 1 fully saturated rings. The fourth-order valence-corrected chi connectivity index (χ4v) is 2.20. The van der Waals surface area contributed by atoms with Gasteiger partial charge in [-0.3, -0.25) is 9.59 Å². The number of aromatic amines is 1. The second-order valence-electron chi connectivity index (χ2n) is 4.44. The Morgan fingerprint density at radius 1 is 1.61 bits per heavy atom. The molecule has 1 aliphatic rings. The molecule has 0 spiro atoms. The molecular weight excluding hydrogens is 232 g/mol. The van der Waals surface area contributed by atoms with Gasteiger partial charge in [0.05, 0.1) is 6.20 Å². The van der Waals surface area contributed by atoms with E-state index in [-0.39, 0.29) is 17.5 Å². The number of nitrogens with one attached hydrogen (secondary N) is 2. The third-order valence-corrected chi connectivity index (χ3v) is 3.09. The van der Waals surface area contributed by atoms with Crippen LogP contribution in [0.5, 0.6) is 0 Å². The number of hydrogen-bond donors (Lipinski definition) is 2. The normalized spacial score (nSPS) is 18.8. The highest BCUT2D eigenvalue weighted by molar-refractivity contribution is 5.92. The number of carbonyl (C=O) groups is 1. The van der Waals surface area contributed by atoms with Gasteiger partial charge in [0.2, 0.25) is 0 Å². The third-order valence-electron chi connectivity index (χ3n) is 3.09. The van der Waals surface area contributed by atoms with Crippen molar-refractivity contribution in [3.05, 3.63) is 28.4 Å². The fraction of sp³-hybridized carbons (Fsp3) is 0.583. The highest BCUT2D eigenvalue weighted by Gasteiger charge is 2.27. The highest BCUT2D eigenvalue weighted by Crippen LogP contribution is 2.12. The Kier molecular flexibility index (Phi) is 4.09. The van der Waals surface area contributed by atoms with Crippen molar-refractivity contribution < 1.29 is 4.79 Å². The molecule has 1 aromatic rings. The van der Waals surface area contributed by atoms with Crippen molar-refractivity contribution in [2.75, 3.05) is 19.6 Å². The molecule has 6 nitrogen and oxygen atoms in total. The summed E-state index contributed by atoms with van der Waals surface area (Å²) in [6.45, 7) is 4.53. The molecule has 18 heavy (non-hydrogen) atoms. The summed E-state index contributed by atoms with van der Waals surface area (Å²) in [4.78, 5) is 31.5. The SMILES string of the molecule is CCCN(C(=O)c1c[nH]c(=O)cn1)C1CCNC1. The second-order valence-corrected chi connectivity index (χ2v) is 4.44. The first-order valence-electron chi connectivity index (χ1n) is 6.28. The molecule has 2 heterocycles. The topological polar surface area (TPSA) is 78.1 Å². The molecule has 1 saturated heterocycles. The quantitative estimate of drug-likeness (QED) is 0.787. The number of amides is 1. The lowest BCUT2D eigenvalue weighted by molar-refractivity contribution is 0.0685. The largest absolute Gasteiger partial charge is 0.333 e. The van der Waals surface area contributed by atoms with Gasteiger partial charge in [0.15, 0.2) is 0 Å². The molecule has 2 rings (SSSR count). The molecule has 1 aromatic heterocycles. The van der Waals surface area contributed by atoms with Crippen LogP contribution in [0.4, 0.5) is 0 Å². The zero-order valence-electron chi connectivity index (χ0n) is 10.5. The standard InChI is InChI=1S/C12H18N4O2/c1-2-5-16(9-3-4-13-6-9)12(18)10-7-15-11(17)8-14-10/h7-9,13H,2-6H2,1H3,(H,15,17). The van der Waals surface area contributed by atoms with Gasteiger partial charge in [0.1, 0.15) is 5.69 Å². The van der Waals surface area contributed by atoms with E-state index in [1.54, 1.807) is 0 Å². The molecule has 0 aromatic carbocycles. The number of hydrogen-bond acceptors (Lipinski definition) is 4. The van der Waals surface area contributed by atoms with Crippen LogP contribution in [-0.4, -0.2) is 46.5 Å². The molecule has 98 valence electrons. The Balaban J connectivity index is 2.16. The summed E-state index contributed by atoms with van der Waals surface area (Å²) >= 11 is 0. The Morgan fingerprint density at radius 2 is 2.44 bits per heavy atom. The Bertz CT molecular complexity index is 445. The zero-order valence-corrected chi connectivity index (χ0v) is 10.5. The van der Waals surface area contributed by atoms with Gasteiger partial charge in [-0.1, -0.05) is 6.92 Å². The van der Waals surface area contributed by atoms with Crippen LogP contribution in [0.15, 0.2) is 17.2 Å². The Labute approximate surface area is 105 Å². The average Bonchev–Trinajstić information content (AvgIpc) is 2.90. The average molecular weight is 250 g/mol. The molecule has 0 radical (unpaired) electrons. The highest BCUT2D eigenvalue weighted by atomic mass is 16.2. The first kappa shape index (κ1) is 12.8. The van der Waals surface area contributed by atoms with E-state index in [0.29, 0.717) is 12.2 Å². The zero-order chi connectivity index (χ0) is 13.0. The van der Waals surface area contributed by atoms with Gasteiger partial charge in [-0.25, -0.2) is 4.98 Å². The summed E-state index contributed by atoms with van der Waals surface area (Å²) in [7, 11) is 0. The molecule has 0 saturated carbocycles. The van der Waals surface area contributed by atoms with Crippen molar-refractivity contribution in [1.29, 1.82) is 0 Å². The summed E-state index contributed by atoms with van der Waals surface area (Å²) in [5, 5.41) is 3.25. The van der Waals surface area contributed by atoms with Gasteiger partial charge in [0.25, 0.3) is 11.5 Å². The van der Waals surface area contributed by atoms with E-state index < -0.39 is 0 Å². The van der Waals surface area contributed by atoms with E-state index in [4.69, 9.17) is 0 Å². The minimum atomic E-state index is -0.295. The van der Waals surface area contributed by atoms with Crippen molar-refractivity contribution >= 4 is 5.91 Å². The van der Waals surface area contributed by atoms with Crippen LogP contribution in [0, 0.1) is 0 Å². The maximum absolute atomic E-state index is 12.3. The summed E-state index contributed by atoms with van der Waals surface area (Å²) in [6.07, 6.45) is 4.40. The predicted octanol–water partition coefficient (Wildman–Crippen LogP) is -0.0160. The lowest BCUT2D eigenvalue weighted by Gasteiger charge is -2.27. The van der Waals surface area contributed by atoms with Crippen LogP contribution in [0.1, 0.15) is 30.3 Å². The number of aromatic nitrogens is 2. The van der Waals surface area contributed by atoms with E-state index in [2.05, 4.69) is 15.3 Å². The second kappa shape index (κ2) is 5.77. The Hall–Kier alpha value is -1.69. The van der Waals surface area contributed by atoms with E-state index in [1.165, 1.54) is 6.20 Å². The minimum Gasteiger partial charge on any atom is -0.333 e. The Morgan fingerprint density at radius 3 is 3.00 bits per heavy atom. The monoisotopic (exact) mass is 250 g/mol. The van der Waals surface area contributed by atoms with Crippen molar-refractivity contribution in [3.63, 3.8) is 0 Å². The number of H-pyrrole nitrogens is 1. The molecule has 1 unspecified atom stereocenters. The predicted molar refractivity (Wildman–Crippen MR) is 67.5 cm³/mol. The minimum absolute atomic E-state index is 0.109. The summed E-state index contributed by atoms with van der Waals surface area (Å²) in [5.41, 5.74) is 0.00562. The number of nitrogens with zero attached hydrogens (tertiary/aromatic N) is 2. The van der Waals surface area contributed by atoms with Crippen LogP contribution in [0.25, 0.3) is 0 Å². The van der Waals surface area contributed by atoms with Gasteiger partial charge in [-0.15, -0.1) is 0 Å². The molecule has 2 N–H and O–H groups in total. The number of carbonyl (C=O) groups excluding carboxylic acids is 1. The van der Waals surface area contributed by atoms with E-state index in [1.807, 2.05) is 11.8 Å². The number of rotatable bonds is 4. The van der Waals surface area contributed by atoms with Crippen LogP contribution < -0.4 is 10.9 Å². The first-order valence-corrected chi connectivity index (χ1v) is 6.28. The molecule has 6 heteroatoms. The van der Waals surface area contributed by atoms with Crippen molar-refractivity contribution in [2.45, 2.75) is 25.8 Å². The lowest BCUT2D eigenvalue weighted by atomic mass is 10.2. The summed E-state index contributed by atoms with van der Waals surface area (Å²) in [5.74, 6) is -0.109. The van der Waals surface area contributed by atoms with Crippen molar-refractivity contribution in [2.24, 2.45) is 0 Å². The molecular formula is C12H18N4O2. The molecule has 1 atom stereocenters. The summed E-state index contributed by atoms with van der Waals surface area (Å²) < 4.78 is 0. The maximum atomic E-state index is 12.3. The van der Waals surface area contributed by atoms with Crippen molar-refractivity contribution in [3.8, 4) is 0 Å². The van der Waals surface area contributed by atoms with Crippen LogP contribution in [-0.2, 0) is 0 Å². The fourth-order valence-electron chi connectivity index (χ4n) is 2.20. The van der Waals surface area contributed by atoms with E-state index in [0.717, 1.165) is 32.1 Å². The van der Waals surface area contributed by atoms with Crippen LogP contribution in [0.3, 0.4) is 0 Å². The lowest BCUT2D eigenvalue weighted by Crippen LogP contribution is -2.42. The third kappa shape index (κ3) is 2.76. The van der Waals surface area contributed by atoms with Gasteiger partial charge in [-0.05, 0) is 19.4 Å².